The van der Waals surface area contributed by atoms with Gasteiger partial charge in [0, 0.05) is 12.7 Å². The molecule has 0 aliphatic rings. The first kappa shape index (κ1) is 23.6. The average molecular weight is 510 g/mol. The lowest BCUT2D eigenvalue weighted by molar-refractivity contribution is -0.137. The molecule has 2 N–H and O–H groups in total. The van der Waals surface area contributed by atoms with E-state index in [9.17, 15) is 22.8 Å². The van der Waals surface area contributed by atoms with Gasteiger partial charge in [-0.05, 0) is 25.1 Å². The number of imidazole rings is 1. The number of aromatic nitrogens is 5. The molecule has 4 rings (SSSR count). The summed E-state index contributed by atoms with van der Waals surface area (Å²) in [5.41, 5.74) is -0.149. The zero-order valence-electron chi connectivity index (χ0n) is 17.5. The maximum atomic E-state index is 13.0. The van der Waals surface area contributed by atoms with Crippen molar-refractivity contribution < 1.29 is 22.8 Å². The zero-order valence-corrected chi connectivity index (χ0v) is 19.1. The maximum absolute atomic E-state index is 13.0. The number of hydrogen-bond acceptors (Lipinski definition) is 7. The summed E-state index contributed by atoms with van der Waals surface area (Å²) in [6.45, 7) is 1.68. The van der Waals surface area contributed by atoms with E-state index in [2.05, 4.69) is 30.6 Å². The number of carbonyl (C=O) groups is 2. The molecule has 0 spiro atoms. The standard InChI is InChI=1S/C20H15ClF3N7O2S/c1-9(29-18(33)14-15-16(27-7-26-14)28-8-31(15)2)19-25-6-13(34-19)17(32)30-10-3-4-12(21)11(5-10)20(22,23)24/h3-9H,1-2H3,(H,29,33)(H,30,32)/t9-/m1/s1. The van der Waals surface area contributed by atoms with E-state index in [-0.39, 0.29) is 16.3 Å². The molecular weight excluding hydrogens is 495 g/mol. The lowest BCUT2D eigenvalue weighted by Crippen LogP contribution is -2.28. The summed E-state index contributed by atoms with van der Waals surface area (Å²) in [5, 5.41) is 5.11. The largest absolute Gasteiger partial charge is 0.417 e. The van der Waals surface area contributed by atoms with Gasteiger partial charge in [0.2, 0.25) is 0 Å². The van der Waals surface area contributed by atoms with E-state index < -0.39 is 34.6 Å². The second-order valence-corrected chi connectivity index (χ2v) is 8.62. The molecule has 0 saturated heterocycles. The number of nitrogens with zero attached hydrogens (tertiary/aromatic N) is 5. The number of rotatable bonds is 5. The molecule has 3 heterocycles. The number of benzene rings is 1. The number of fused-ring (bicyclic) bond motifs is 1. The molecule has 0 fully saturated rings. The summed E-state index contributed by atoms with van der Waals surface area (Å²) >= 11 is 6.60. The summed E-state index contributed by atoms with van der Waals surface area (Å²) in [6, 6.07) is 2.50. The molecule has 1 aromatic carbocycles. The number of aryl methyl sites for hydroxylation is 1. The van der Waals surface area contributed by atoms with Crippen LogP contribution in [0.2, 0.25) is 5.02 Å². The predicted molar refractivity (Wildman–Crippen MR) is 119 cm³/mol. The monoisotopic (exact) mass is 509 g/mol. The molecule has 0 bridgehead atoms. The Morgan fingerprint density at radius 1 is 1.15 bits per heavy atom. The van der Waals surface area contributed by atoms with E-state index in [0.29, 0.717) is 16.2 Å². The van der Waals surface area contributed by atoms with Crippen LogP contribution in [0.4, 0.5) is 18.9 Å². The molecule has 0 aliphatic carbocycles. The number of alkyl halides is 3. The molecule has 9 nitrogen and oxygen atoms in total. The lowest BCUT2D eigenvalue weighted by Gasteiger charge is -2.12. The fraction of sp³-hybridized carbons (Fsp3) is 0.200. The van der Waals surface area contributed by atoms with Gasteiger partial charge in [-0.3, -0.25) is 9.59 Å². The van der Waals surface area contributed by atoms with Crippen molar-refractivity contribution in [2.75, 3.05) is 5.32 Å². The van der Waals surface area contributed by atoms with Crippen LogP contribution in [0.25, 0.3) is 11.2 Å². The van der Waals surface area contributed by atoms with Crippen molar-refractivity contribution in [1.29, 1.82) is 0 Å². The molecule has 0 radical (unpaired) electrons. The molecule has 0 unspecified atom stereocenters. The Kier molecular flexibility index (Phi) is 6.23. The average Bonchev–Trinajstić information content (AvgIpc) is 3.42. The third kappa shape index (κ3) is 4.70. The first-order valence-electron chi connectivity index (χ1n) is 9.61. The van der Waals surface area contributed by atoms with Gasteiger partial charge < -0.3 is 15.2 Å². The van der Waals surface area contributed by atoms with Crippen molar-refractivity contribution in [2.24, 2.45) is 7.05 Å². The van der Waals surface area contributed by atoms with Crippen LogP contribution < -0.4 is 10.6 Å². The van der Waals surface area contributed by atoms with Crippen LogP contribution in [-0.2, 0) is 13.2 Å². The first-order chi connectivity index (χ1) is 16.0. The Hall–Kier alpha value is -3.58. The summed E-state index contributed by atoms with van der Waals surface area (Å²) in [7, 11) is 1.71. The number of anilines is 1. The van der Waals surface area contributed by atoms with Crippen molar-refractivity contribution in [3.05, 3.63) is 63.2 Å². The van der Waals surface area contributed by atoms with Crippen LogP contribution >= 0.6 is 22.9 Å². The quantitative estimate of drug-likeness (QED) is 0.416. The second-order valence-electron chi connectivity index (χ2n) is 7.15. The molecule has 4 aromatic rings. The Balaban J connectivity index is 1.47. The summed E-state index contributed by atoms with van der Waals surface area (Å²) in [6.07, 6.45) is -0.623. The SMILES string of the molecule is C[C@@H](NC(=O)c1ncnc2ncn(C)c12)c1ncc(C(=O)Nc2ccc(Cl)c(C(F)(F)F)c2)s1. The molecule has 2 amide bonds. The summed E-state index contributed by atoms with van der Waals surface area (Å²) < 4.78 is 40.8. The molecule has 0 aliphatic heterocycles. The zero-order chi connectivity index (χ0) is 24.6. The van der Waals surface area contributed by atoms with Gasteiger partial charge in [-0.15, -0.1) is 11.3 Å². The van der Waals surface area contributed by atoms with Crippen molar-refractivity contribution in [2.45, 2.75) is 19.1 Å². The van der Waals surface area contributed by atoms with E-state index in [1.165, 1.54) is 24.9 Å². The lowest BCUT2D eigenvalue weighted by atomic mass is 10.2. The maximum Gasteiger partial charge on any atom is 0.417 e. The Bertz CT molecular complexity index is 1400. The van der Waals surface area contributed by atoms with Gasteiger partial charge in [0.1, 0.15) is 21.7 Å². The minimum Gasteiger partial charge on any atom is -0.342 e. The van der Waals surface area contributed by atoms with Gasteiger partial charge in [-0.1, -0.05) is 11.6 Å². The van der Waals surface area contributed by atoms with E-state index in [4.69, 9.17) is 11.6 Å². The number of amides is 2. The minimum atomic E-state index is -4.66. The van der Waals surface area contributed by atoms with Crippen molar-refractivity contribution >= 4 is 51.6 Å². The van der Waals surface area contributed by atoms with Crippen LogP contribution in [-0.4, -0.2) is 36.3 Å². The molecule has 3 aromatic heterocycles. The van der Waals surface area contributed by atoms with E-state index >= 15 is 0 Å². The fourth-order valence-corrected chi connectivity index (χ4v) is 4.13. The van der Waals surface area contributed by atoms with Crippen LogP contribution in [0.5, 0.6) is 0 Å². The topological polar surface area (TPSA) is 115 Å². The molecular formula is C20H15ClF3N7O2S. The minimum absolute atomic E-state index is 0.0676. The van der Waals surface area contributed by atoms with Gasteiger partial charge in [0.15, 0.2) is 11.3 Å². The molecule has 1 atom stereocenters. The van der Waals surface area contributed by atoms with E-state index in [0.717, 1.165) is 23.5 Å². The number of halogens is 4. The number of carbonyl (C=O) groups excluding carboxylic acids is 2. The number of hydrogen-bond donors (Lipinski definition) is 2. The molecule has 0 saturated carbocycles. The van der Waals surface area contributed by atoms with Crippen LogP contribution in [0.15, 0.2) is 37.1 Å². The van der Waals surface area contributed by atoms with Crippen molar-refractivity contribution in [3.8, 4) is 0 Å². The van der Waals surface area contributed by atoms with Gasteiger partial charge in [-0.25, -0.2) is 19.9 Å². The van der Waals surface area contributed by atoms with Crippen LogP contribution in [0.1, 0.15) is 43.7 Å². The van der Waals surface area contributed by atoms with E-state index in [1.54, 1.807) is 18.5 Å². The van der Waals surface area contributed by atoms with Crippen LogP contribution in [0, 0.1) is 0 Å². The predicted octanol–water partition coefficient (Wildman–Crippen LogP) is 4.24. The fourth-order valence-electron chi connectivity index (χ4n) is 3.09. The molecule has 34 heavy (non-hydrogen) atoms. The third-order valence-electron chi connectivity index (χ3n) is 4.72. The number of thiazole rings is 1. The summed E-state index contributed by atoms with van der Waals surface area (Å²) in [5.74, 6) is -1.13. The van der Waals surface area contributed by atoms with Gasteiger partial charge >= 0.3 is 6.18 Å². The highest BCUT2D eigenvalue weighted by Gasteiger charge is 2.33. The van der Waals surface area contributed by atoms with Crippen molar-refractivity contribution in [3.63, 3.8) is 0 Å². The smallest absolute Gasteiger partial charge is 0.342 e. The normalized spacial score (nSPS) is 12.5. The van der Waals surface area contributed by atoms with Gasteiger partial charge in [-0.2, -0.15) is 13.2 Å². The highest BCUT2D eigenvalue weighted by Crippen LogP contribution is 2.36. The highest BCUT2D eigenvalue weighted by molar-refractivity contribution is 7.13. The number of nitrogens with one attached hydrogen (secondary N) is 2. The van der Waals surface area contributed by atoms with Gasteiger partial charge in [0.05, 0.1) is 29.2 Å². The molecule has 176 valence electrons. The Labute approximate surface area is 199 Å². The third-order valence-corrected chi connectivity index (χ3v) is 6.23. The highest BCUT2D eigenvalue weighted by atomic mass is 35.5. The Morgan fingerprint density at radius 2 is 1.91 bits per heavy atom. The second kappa shape index (κ2) is 8.99. The van der Waals surface area contributed by atoms with Crippen molar-refractivity contribution in [1.82, 2.24) is 29.8 Å². The van der Waals surface area contributed by atoms with Crippen LogP contribution in [0.3, 0.4) is 0 Å². The molecule has 14 heteroatoms. The summed E-state index contributed by atoms with van der Waals surface area (Å²) in [4.78, 5) is 41.7. The first-order valence-corrected chi connectivity index (χ1v) is 10.8. The Morgan fingerprint density at radius 3 is 2.65 bits per heavy atom. The van der Waals surface area contributed by atoms with E-state index in [1.807, 2.05) is 0 Å². The van der Waals surface area contributed by atoms with Gasteiger partial charge in [0.25, 0.3) is 11.8 Å².